The van der Waals surface area contributed by atoms with Gasteiger partial charge in [0.15, 0.2) is 0 Å². The van der Waals surface area contributed by atoms with E-state index in [2.05, 4.69) is 47.4 Å². The van der Waals surface area contributed by atoms with Crippen molar-refractivity contribution in [3.8, 4) is 0 Å². The molecule has 2 aromatic carbocycles. The average molecular weight is 338 g/mol. The fourth-order valence-corrected chi connectivity index (χ4v) is 4.05. The van der Waals surface area contributed by atoms with E-state index in [4.69, 9.17) is 4.74 Å². The van der Waals surface area contributed by atoms with Crippen LogP contribution in [0, 0.1) is 5.92 Å². The molecule has 0 N–H and O–H groups in total. The number of likely N-dealkylation sites (tertiary alicyclic amines) is 1. The number of rotatable bonds is 3. The van der Waals surface area contributed by atoms with Gasteiger partial charge in [-0.3, -0.25) is 9.69 Å². The summed E-state index contributed by atoms with van der Waals surface area (Å²) in [6, 6.07) is 15.1. The molecular weight excluding hydrogens is 312 g/mol. The van der Waals surface area contributed by atoms with Crippen molar-refractivity contribution in [1.82, 2.24) is 9.80 Å². The predicted molar refractivity (Wildman–Crippen MR) is 99.3 cm³/mol. The second-order valence-corrected chi connectivity index (χ2v) is 7.13. The number of hydrogen-bond donors (Lipinski definition) is 0. The molecule has 2 aliphatic heterocycles. The number of piperidine rings is 1. The van der Waals surface area contributed by atoms with Gasteiger partial charge in [-0.2, -0.15) is 0 Å². The Morgan fingerprint density at radius 3 is 2.48 bits per heavy atom. The molecule has 25 heavy (non-hydrogen) atoms. The molecule has 0 bridgehead atoms. The summed E-state index contributed by atoms with van der Waals surface area (Å²) in [4.78, 5) is 17.1. The highest BCUT2D eigenvalue weighted by atomic mass is 16.5. The highest BCUT2D eigenvalue weighted by Gasteiger charge is 2.29. The second kappa shape index (κ2) is 7.54. The molecule has 2 fully saturated rings. The summed E-state index contributed by atoms with van der Waals surface area (Å²) in [6.07, 6.45) is 1.95. The molecular formula is C21H26N2O2. The van der Waals surface area contributed by atoms with Crippen LogP contribution in [0.3, 0.4) is 0 Å². The van der Waals surface area contributed by atoms with E-state index in [1.807, 2.05) is 4.90 Å². The molecule has 0 spiro atoms. The number of nitrogens with zero attached hydrogens (tertiary/aromatic N) is 2. The first-order valence-electron chi connectivity index (χ1n) is 9.37. The molecule has 0 atom stereocenters. The lowest BCUT2D eigenvalue weighted by atomic mass is 9.94. The Morgan fingerprint density at radius 2 is 1.68 bits per heavy atom. The highest BCUT2D eigenvalue weighted by molar-refractivity contribution is 5.85. The first-order valence-corrected chi connectivity index (χ1v) is 9.37. The maximum Gasteiger partial charge on any atom is 0.225 e. The monoisotopic (exact) mass is 338 g/mol. The van der Waals surface area contributed by atoms with Crippen LogP contribution in [0.25, 0.3) is 10.8 Å². The number of fused-ring (bicyclic) bond motifs is 1. The molecule has 4 rings (SSSR count). The molecule has 0 aliphatic carbocycles. The molecule has 2 aliphatic rings. The summed E-state index contributed by atoms with van der Waals surface area (Å²) in [5.41, 5.74) is 1.39. The van der Waals surface area contributed by atoms with E-state index in [0.717, 1.165) is 45.6 Å². The maximum absolute atomic E-state index is 12.6. The normalized spacial score (nSPS) is 20.1. The molecule has 2 aromatic rings. The van der Waals surface area contributed by atoms with Gasteiger partial charge in [0.1, 0.15) is 0 Å². The number of carbonyl (C=O) groups is 1. The Balaban J connectivity index is 1.36. The zero-order chi connectivity index (χ0) is 17.1. The first kappa shape index (κ1) is 16.6. The lowest BCUT2D eigenvalue weighted by Gasteiger charge is -2.35. The van der Waals surface area contributed by atoms with Crippen molar-refractivity contribution in [3.05, 3.63) is 48.0 Å². The largest absolute Gasteiger partial charge is 0.378 e. The van der Waals surface area contributed by atoms with Crippen LogP contribution in [0.2, 0.25) is 0 Å². The molecule has 1 amide bonds. The van der Waals surface area contributed by atoms with Gasteiger partial charge in [0.2, 0.25) is 5.91 Å². The lowest BCUT2D eigenvalue weighted by molar-refractivity contribution is -0.141. The second-order valence-electron chi connectivity index (χ2n) is 7.13. The molecule has 0 aromatic heterocycles. The first-order chi connectivity index (χ1) is 12.3. The van der Waals surface area contributed by atoms with E-state index in [0.29, 0.717) is 19.1 Å². The summed E-state index contributed by atoms with van der Waals surface area (Å²) >= 11 is 0. The minimum Gasteiger partial charge on any atom is -0.378 e. The topological polar surface area (TPSA) is 32.8 Å². The van der Waals surface area contributed by atoms with Gasteiger partial charge in [-0.15, -0.1) is 0 Å². The van der Waals surface area contributed by atoms with Crippen molar-refractivity contribution < 1.29 is 9.53 Å². The highest BCUT2D eigenvalue weighted by Crippen LogP contribution is 2.24. The third-order valence-electron chi connectivity index (χ3n) is 5.53. The molecule has 0 radical (unpaired) electrons. The SMILES string of the molecule is O=C(C1CCN(Cc2cccc3ccccc23)CC1)N1CCOCC1. The van der Waals surface area contributed by atoms with Gasteiger partial charge >= 0.3 is 0 Å². The lowest BCUT2D eigenvalue weighted by Crippen LogP contribution is -2.46. The van der Waals surface area contributed by atoms with Crippen LogP contribution in [-0.4, -0.2) is 55.1 Å². The van der Waals surface area contributed by atoms with E-state index in [1.54, 1.807) is 0 Å². The number of amides is 1. The molecule has 2 heterocycles. The van der Waals surface area contributed by atoms with Crippen LogP contribution in [-0.2, 0) is 16.1 Å². The average Bonchev–Trinajstić information content (AvgIpc) is 2.69. The van der Waals surface area contributed by atoms with Crippen molar-refractivity contribution in [2.75, 3.05) is 39.4 Å². The summed E-state index contributed by atoms with van der Waals surface area (Å²) < 4.78 is 5.35. The molecule has 0 unspecified atom stereocenters. The van der Waals surface area contributed by atoms with E-state index in [1.165, 1.54) is 16.3 Å². The van der Waals surface area contributed by atoms with Gasteiger partial charge in [0.25, 0.3) is 0 Å². The van der Waals surface area contributed by atoms with Gasteiger partial charge in [0, 0.05) is 25.6 Å². The van der Waals surface area contributed by atoms with Crippen LogP contribution in [0.15, 0.2) is 42.5 Å². The quantitative estimate of drug-likeness (QED) is 0.863. The van der Waals surface area contributed by atoms with Crippen molar-refractivity contribution in [2.45, 2.75) is 19.4 Å². The van der Waals surface area contributed by atoms with Crippen LogP contribution < -0.4 is 0 Å². The van der Waals surface area contributed by atoms with E-state index in [-0.39, 0.29) is 5.92 Å². The fourth-order valence-electron chi connectivity index (χ4n) is 4.05. The van der Waals surface area contributed by atoms with Gasteiger partial charge in [-0.25, -0.2) is 0 Å². The van der Waals surface area contributed by atoms with Crippen molar-refractivity contribution in [3.63, 3.8) is 0 Å². The number of ether oxygens (including phenoxy) is 1. The molecule has 132 valence electrons. The smallest absolute Gasteiger partial charge is 0.225 e. The standard InChI is InChI=1S/C21H26N2O2/c24-21(23-12-14-25-15-13-23)18-8-10-22(11-9-18)16-19-6-3-5-17-4-1-2-7-20(17)19/h1-7,18H,8-16H2. The van der Waals surface area contributed by atoms with Crippen LogP contribution in [0.1, 0.15) is 18.4 Å². The minimum atomic E-state index is 0.196. The number of hydrogen-bond acceptors (Lipinski definition) is 3. The number of benzene rings is 2. The predicted octanol–water partition coefficient (Wildman–Crippen LogP) is 2.91. The van der Waals surface area contributed by atoms with E-state index < -0.39 is 0 Å². The minimum absolute atomic E-state index is 0.196. The van der Waals surface area contributed by atoms with E-state index in [9.17, 15) is 4.79 Å². The van der Waals surface area contributed by atoms with Gasteiger partial charge in [0.05, 0.1) is 13.2 Å². The van der Waals surface area contributed by atoms with Crippen molar-refractivity contribution in [2.24, 2.45) is 5.92 Å². The molecule has 4 heteroatoms. The summed E-state index contributed by atoms with van der Waals surface area (Å²) in [5.74, 6) is 0.537. The zero-order valence-corrected chi connectivity index (χ0v) is 14.7. The Labute approximate surface area is 149 Å². The third kappa shape index (κ3) is 3.70. The molecule has 4 nitrogen and oxygen atoms in total. The van der Waals surface area contributed by atoms with Crippen molar-refractivity contribution >= 4 is 16.7 Å². The fraction of sp³-hybridized carbons (Fsp3) is 0.476. The van der Waals surface area contributed by atoms with Crippen molar-refractivity contribution in [1.29, 1.82) is 0 Å². The Hall–Kier alpha value is -1.91. The van der Waals surface area contributed by atoms with Gasteiger partial charge in [-0.05, 0) is 42.3 Å². The van der Waals surface area contributed by atoms with Gasteiger partial charge < -0.3 is 9.64 Å². The number of morpholine rings is 1. The summed E-state index contributed by atoms with van der Waals surface area (Å²) in [7, 11) is 0. The third-order valence-corrected chi connectivity index (χ3v) is 5.53. The van der Waals surface area contributed by atoms with Crippen LogP contribution in [0.4, 0.5) is 0 Å². The maximum atomic E-state index is 12.6. The Morgan fingerprint density at radius 1 is 0.960 bits per heavy atom. The Bertz CT molecular complexity index is 726. The van der Waals surface area contributed by atoms with E-state index >= 15 is 0 Å². The molecule has 2 saturated heterocycles. The summed E-state index contributed by atoms with van der Waals surface area (Å²) in [5, 5.41) is 2.65. The number of carbonyl (C=O) groups excluding carboxylic acids is 1. The van der Waals surface area contributed by atoms with Crippen LogP contribution >= 0.6 is 0 Å². The summed E-state index contributed by atoms with van der Waals surface area (Å²) in [6.45, 7) is 5.87. The van der Waals surface area contributed by atoms with Gasteiger partial charge in [-0.1, -0.05) is 42.5 Å². The Kier molecular flexibility index (Phi) is 4.99. The zero-order valence-electron chi connectivity index (χ0n) is 14.7. The van der Waals surface area contributed by atoms with Crippen LogP contribution in [0.5, 0.6) is 0 Å². The molecule has 0 saturated carbocycles.